The van der Waals surface area contributed by atoms with Crippen LogP contribution in [0, 0.1) is 6.92 Å². The summed E-state index contributed by atoms with van der Waals surface area (Å²) in [5.41, 5.74) is 5.44. The third kappa shape index (κ3) is 3.64. The summed E-state index contributed by atoms with van der Waals surface area (Å²) in [4.78, 5) is 8.82. The number of aromatic nitrogens is 2. The summed E-state index contributed by atoms with van der Waals surface area (Å²) in [7, 11) is 0. The summed E-state index contributed by atoms with van der Waals surface area (Å²) in [5.74, 6) is 0.809. The summed E-state index contributed by atoms with van der Waals surface area (Å²) in [6.45, 7) is 2.86. The molecule has 0 unspecified atom stereocenters. The van der Waals surface area contributed by atoms with Crippen molar-refractivity contribution >= 4 is 28.1 Å². The smallest absolute Gasteiger partial charge is 0.141 e. The van der Waals surface area contributed by atoms with E-state index in [2.05, 4.69) is 76.1 Å². The predicted octanol–water partition coefficient (Wildman–Crippen LogP) is 5.29. The molecule has 4 heteroatoms. The van der Waals surface area contributed by atoms with Crippen LogP contribution < -0.4 is 10.6 Å². The van der Waals surface area contributed by atoms with Crippen molar-refractivity contribution in [2.24, 2.45) is 0 Å². The zero-order valence-electron chi connectivity index (χ0n) is 14.6. The first-order chi connectivity index (χ1) is 12.8. The third-order valence-corrected chi connectivity index (χ3v) is 4.26. The topological polar surface area (TPSA) is 49.8 Å². The van der Waals surface area contributed by atoms with E-state index in [4.69, 9.17) is 0 Å². The lowest BCUT2D eigenvalue weighted by atomic mass is 10.1. The van der Waals surface area contributed by atoms with Crippen LogP contribution in [0.4, 0.5) is 17.2 Å². The highest BCUT2D eigenvalue weighted by molar-refractivity contribution is 5.92. The summed E-state index contributed by atoms with van der Waals surface area (Å²) in [6.07, 6.45) is 1.59. The molecule has 4 aromatic rings. The molecule has 4 nitrogen and oxygen atoms in total. The quantitative estimate of drug-likeness (QED) is 0.518. The number of nitrogens with zero attached hydrogens (tertiary/aromatic N) is 2. The van der Waals surface area contributed by atoms with Gasteiger partial charge in [0.25, 0.3) is 0 Å². The molecule has 0 bridgehead atoms. The molecule has 0 atom stereocenters. The first-order valence-corrected chi connectivity index (χ1v) is 8.64. The Balaban J connectivity index is 1.61. The Kier molecular flexibility index (Phi) is 4.48. The van der Waals surface area contributed by atoms with Gasteiger partial charge >= 0.3 is 0 Å². The molecule has 128 valence electrons. The predicted molar refractivity (Wildman–Crippen MR) is 108 cm³/mol. The van der Waals surface area contributed by atoms with Crippen molar-refractivity contribution in [2.75, 3.05) is 10.6 Å². The number of rotatable bonds is 5. The average Bonchev–Trinajstić information content (AvgIpc) is 2.67. The Morgan fingerprint density at radius 3 is 2.54 bits per heavy atom. The van der Waals surface area contributed by atoms with Crippen molar-refractivity contribution in [1.29, 1.82) is 0 Å². The van der Waals surface area contributed by atoms with Crippen molar-refractivity contribution in [3.8, 4) is 0 Å². The number of fused-ring (bicyclic) bond motifs is 1. The molecule has 0 aliphatic carbocycles. The van der Waals surface area contributed by atoms with Gasteiger partial charge in [-0.05, 0) is 48.4 Å². The molecule has 0 fully saturated rings. The highest BCUT2D eigenvalue weighted by Gasteiger charge is 2.06. The summed E-state index contributed by atoms with van der Waals surface area (Å²) in [6, 6.07) is 24.8. The minimum absolute atomic E-state index is 0.778. The molecule has 1 aromatic heterocycles. The van der Waals surface area contributed by atoms with Crippen LogP contribution >= 0.6 is 0 Å². The van der Waals surface area contributed by atoms with E-state index in [1.165, 1.54) is 11.1 Å². The molecule has 0 aliphatic rings. The first kappa shape index (κ1) is 16.1. The Morgan fingerprint density at radius 2 is 1.69 bits per heavy atom. The molecule has 4 rings (SSSR count). The number of benzene rings is 3. The van der Waals surface area contributed by atoms with Gasteiger partial charge in [-0.15, -0.1) is 0 Å². The van der Waals surface area contributed by atoms with Gasteiger partial charge in [-0.1, -0.05) is 42.5 Å². The highest BCUT2D eigenvalue weighted by atomic mass is 15.0. The molecule has 0 amide bonds. The monoisotopic (exact) mass is 340 g/mol. The lowest BCUT2D eigenvalue weighted by molar-refractivity contribution is 1.15. The summed E-state index contributed by atoms with van der Waals surface area (Å²) >= 11 is 0. The normalized spacial score (nSPS) is 10.7. The Labute approximate surface area is 152 Å². The van der Waals surface area contributed by atoms with Gasteiger partial charge in [0.05, 0.1) is 5.52 Å². The maximum atomic E-state index is 4.44. The van der Waals surface area contributed by atoms with Gasteiger partial charge < -0.3 is 10.6 Å². The molecule has 3 aromatic carbocycles. The number of hydrogen-bond acceptors (Lipinski definition) is 4. The van der Waals surface area contributed by atoms with Crippen LogP contribution in [0.15, 0.2) is 79.1 Å². The van der Waals surface area contributed by atoms with Crippen LogP contribution in [0.2, 0.25) is 0 Å². The van der Waals surface area contributed by atoms with Crippen molar-refractivity contribution in [1.82, 2.24) is 9.97 Å². The molecule has 0 radical (unpaired) electrons. The molecule has 0 saturated heterocycles. The maximum Gasteiger partial charge on any atom is 0.141 e. The highest BCUT2D eigenvalue weighted by Crippen LogP contribution is 2.26. The summed E-state index contributed by atoms with van der Waals surface area (Å²) < 4.78 is 0. The minimum atomic E-state index is 0.778. The van der Waals surface area contributed by atoms with E-state index in [1.54, 1.807) is 6.33 Å². The van der Waals surface area contributed by atoms with E-state index < -0.39 is 0 Å². The third-order valence-electron chi connectivity index (χ3n) is 4.26. The first-order valence-electron chi connectivity index (χ1n) is 8.64. The van der Waals surface area contributed by atoms with Crippen molar-refractivity contribution in [2.45, 2.75) is 13.5 Å². The minimum Gasteiger partial charge on any atom is -0.381 e. The van der Waals surface area contributed by atoms with Crippen LogP contribution in [0.3, 0.4) is 0 Å². The SMILES string of the molecule is Cc1cccc(Nc2ncnc3ccc(NCc4ccccc4)cc23)c1. The van der Waals surface area contributed by atoms with Gasteiger partial charge in [0.15, 0.2) is 0 Å². The molecular formula is C22H20N4. The number of nitrogens with one attached hydrogen (secondary N) is 2. The second-order valence-electron chi connectivity index (χ2n) is 6.29. The fourth-order valence-corrected chi connectivity index (χ4v) is 2.93. The zero-order chi connectivity index (χ0) is 17.8. The largest absolute Gasteiger partial charge is 0.381 e. The molecule has 0 spiro atoms. The fraction of sp³-hybridized carbons (Fsp3) is 0.0909. The van der Waals surface area contributed by atoms with Crippen LogP contribution in [-0.4, -0.2) is 9.97 Å². The zero-order valence-corrected chi connectivity index (χ0v) is 14.6. The molecule has 26 heavy (non-hydrogen) atoms. The second-order valence-corrected chi connectivity index (χ2v) is 6.29. The van der Waals surface area contributed by atoms with Gasteiger partial charge in [-0.3, -0.25) is 0 Å². The van der Waals surface area contributed by atoms with Crippen LogP contribution in [0.1, 0.15) is 11.1 Å². The van der Waals surface area contributed by atoms with Crippen LogP contribution in [-0.2, 0) is 6.54 Å². The van der Waals surface area contributed by atoms with Crippen molar-refractivity contribution in [3.05, 3.63) is 90.3 Å². The van der Waals surface area contributed by atoms with E-state index in [1.807, 2.05) is 24.3 Å². The molecule has 0 aliphatic heterocycles. The molecule has 1 heterocycles. The average molecular weight is 340 g/mol. The fourth-order valence-electron chi connectivity index (χ4n) is 2.93. The molecule has 0 saturated carbocycles. The Morgan fingerprint density at radius 1 is 0.808 bits per heavy atom. The second kappa shape index (κ2) is 7.23. The van der Waals surface area contributed by atoms with Gasteiger partial charge in [0.1, 0.15) is 12.1 Å². The van der Waals surface area contributed by atoms with Gasteiger partial charge in [-0.2, -0.15) is 0 Å². The lowest BCUT2D eigenvalue weighted by Gasteiger charge is -2.11. The molecular weight excluding hydrogens is 320 g/mol. The van der Waals surface area contributed by atoms with Crippen molar-refractivity contribution < 1.29 is 0 Å². The van der Waals surface area contributed by atoms with Gasteiger partial charge in [-0.25, -0.2) is 9.97 Å². The Hall–Kier alpha value is -3.40. The van der Waals surface area contributed by atoms with Gasteiger partial charge in [0.2, 0.25) is 0 Å². The standard InChI is InChI=1S/C22H20N4/c1-16-6-5-9-19(12-16)26-22-20-13-18(10-11-21(20)24-15-25-22)23-14-17-7-3-2-4-8-17/h2-13,15,23H,14H2,1H3,(H,24,25,26). The van der Waals surface area contributed by atoms with Crippen LogP contribution in [0.5, 0.6) is 0 Å². The summed E-state index contributed by atoms with van der Waals surface area (Å²) in [5, 5.41) is 7.87. The van der Waals surface area contributed by atoms with E-state index in [0.29, 0.717) is 0 Å². The van der Waals surface area contributed by atoms with E-state index in [0.717, 1.165) is 34.6 Å². The van der Waals surface area contributed by atoms with Crippen LogP contribution in [0.25, 0.3) is 10.9 Å². The maximum absolute atomic E-state index is 4.44. The lowest BCUT2D eigenvalue weighted by Crippen LogP contribution is -2.00. The number of aryl methyl sites for hydroxylation is 1. The number of anilines is 3. The van der Waals surface area contributed by atoms with Gasteiger partial charge in [0, 0.05) is 23.3 Å². The Bertz CT molecular complexity index is 1030. The number of hydrogen-bond donors (Lipinski definition) is 2. The van der Waals surface area contributed by atoms with E-state index >= 15 is 0 Å². The van der Waals surface area contributed by atoms with E-state index in [9.17, 15) is 0 Å². The molecule has 2 N–H and O–H groups in total. The van der Waals surface area contributed by atoms with E-state index in [-0.39, 0.29) is 0 Å². The van der Waals surface area contributed by atoms with Crippen molar-refractivity contribution in [3.63, 3.8) is 0 Å².